The van der Waals surface area contributed by atoms with Gasteiger partial charge < -0.3 is 5.11 Å². The second-order valence-electron chi connectivity index (χ2n) is 5.35. The quantitative estimate of drug-likeness (QED) is 0.929. The van der Waals surface area contributed by atoms with Crippen molar-refractivity contribution in [3.05, 3.63) is 29.6 Å². The lowest BCUT2D eigenvalue weighted by atomic mass is 10.0. The van der Waals surface area contributed by atoms with E-state index < -0.39 is 28.0 Å². The highest BCUT2D eigenvalue weighted by Gasteiger charge is 2.37. The van der Waals surface area contributed by atoms with Gasteiger partial charge in [0.05, 0.1) is 12.1 Å². The molecule has 0 radical (unpaired) electrons. The minimum absolute atomic E-state index is 0.310. The van der Waals surface area contributed by atoms with E-state index in [1.54, 1.807) is 19.9 Å². The van der Waals surface area contributed by atoms with E-state index >= 15 is 0 Å². The number of rotatable bonds is 3. The summed E-state index contributed by atoms with van der Waals surface area (Å²) in [5, 5.41) is 9.77. The van der Waals surface area contributed by atoms with Gasteiger partial charge in [-0.05, 0) is 44.4 Å². The van der Waals surface area contributed by atoms with Crippen molar-refractivity contribution in [1.82, 2.24) is 4.31 Å². The first-order valence-corrected chi connectivity index (χ1v) is 8.24. The van der Waals surface area contributed by atoms with Crippen molar-refractivity contribution >= 4 is 10.0 Å². The molecule has 1 aromatic rings. The first-order valence-electron chi connectivity index (χ1n) is 6.80. The lowest BCUT2D eigenvalue weighted by Gasteiger charge is -2.36. The molecule has 1 heterocycles. The van der Waals surface area contributed by atoms with E-state index in [4.69, 9.17) is 0 Å². The molecular formula is C14H20FNO3S. The van der Waals surface area contributed by atoms with Gasteiger partial charge in [0.2, 0.25) is 10.0 Å². The Hall–Kier alpha value is -0.980. The van der Waals surface area contributed by atoms with Gasteiger partial charge in [0.15, 0.2) is 0 Å². The number of piperidine rings is 1. The van der Waals surface area contributed by atoms with Crippen LogP contribution < -0.4 is 0 Å². The van der Waals surface area contributed by atoms with Gasteiger partial charge in [-0.25, -0.2) is 12.8 Å². The van der Waals surface area contributed by atoms with Gasteiger partial charge in [-0.3, -0.25) is 0 Å². The number of aliphatic hydroxyl groups is 1. The van der Waals surface area contributed by atoms with Crippen LogP contribution in [0.15, 0.2) is 23.1 Å². The number of aryl methyl sites for hydroxylation is 1. The second kappa shape index (κ2) is 5.79. The summed E-state index contributed by atoms with van der Waals surface area (Å²) in [5.41, 5.74) is 0.673. The molecule has 1 aliphatic rings. The van der Waals surface area contributed by atoms with Crippen molar-refractivity contribution in [1.29, 1.82) is 0 Å². The zero-order valence-electron chi connectivity index (χ0n) is 11.7. The fourth-order valence-corrected chi connectivity index (χ4v) is 4.46. The zero-order chi connectivity index (χ0) is 14.9. The van der Waals surface area contributed by atoms with Crippen LogP contribution in [0.2, 0.25) is 0 Å². The van der Waals surface area contributed by atoms with Crippen LogP contribution >= 0.6 is 0 Å². The highest BCUT2D eigenvalue weighted by atomic mass is 32.2. The van der Waals surface area contributed by atoms with E-state index in [0.29, 0.717) is 18.5 Å². The predicted molar refractivity (Wildman–Crippen MR) is 74.3 cm³/mol. The number of aliphatic hydroxyl groups excluding tert-OH is 1. The van der Waals surface area contributed by atoms with Crippen LogP contribution in [0.4, 0.5) is 4.39 Å². The van der Waals surface area contributed by atoms with Gasteiger partial charge in [0, 0.05) is 6.54 Å². The highest BCUT2D eigenvalue weighted by Crippen LogP contribution is 2.28. The summed E-state index contributed by atoms with van der Waals surface area (Å²) in [7, 11) is -3.91. The van der Waals surface area contributed by atoms with Crippen molar-refractivity contribution in [2.75, 3.05) is 6.54 Å². The smallest absolute Gasteiger partial charge is 0.246 e. The van der Waals surface area contributed by atoms with E-state index in [0.717, 1.165) is 12.8 Å². The Labute approximate surface area is 119 Å². The van der Waals surface area contributed by atoms with Gasteiger partial charge in [0.1, 0.15) is 10.7 Å². The predicted octanol–water partition coefficient (Wildman–Crippen LogP) is 2.06. The third-order valence-corrected chi connectivity index (χ3v) is 5.69. The van der Waals surface area contributed by atoms with E-state index in [-0.39, 0.29) is 4.90 Å². The largest absolute Gasteiger partial charge is 0.392 e. The number of hydrogen-bond acceptors (Lipinski definition) is 3. The summed E-state index contributed by atoms with van der Waals surface area (Å²) in [6, 6.07) is 3.62. The van der Waals surface area contributed by atoms with Crippen molar-refractivity contribution < 1.29 is 17.9 Å². The Kier molecular flexibility index (Phi) is 4.46. The van der Waals surface area contributed by atoms with Crippen molar-refractivity contribution in [3.63, 3.8) is 0 Å². The first kappa shape index (κ1) is 15.4. The molecule has 2 unspecified atom stereocenters. The monoisotopic (exact) mass is 301 g/mol. The van der Waals surface area contributed by atoms with Crippen LogP contribution in [0.25, 0.3) is 0 Å². The maximum atomic E-state index is 14.0. The second-order valence-corrected chi connectivity index (χ2v) is 7.21. The Morgan fingerprint density at radius 3 is 2.70 bits per heavy atom. The summed E-state index contributed by atoms with van der Waals surface area (Å²) in [4.78, 5) is -0.310. The number of benzene rings is 1. The third kappa shape index (κ3) is 2.87. The normalized spacial score (nSPS) is 22.7. The third-order valence-electron chi connectivity index (χ3n) is 3.73. The SMILES string of the molecule is Cc1ccc(S(=O)(=O)N2CCCCC2C(C)O)c(F)c1. The van der Waals surface area contributed by atoms with E-state index in [1.165, 1.54) is 16.4 Å². The standard InChI is InChI=1S/C14H20FNO3S/c1-10-6-7-14(12(15)9-10)20(18,19)16-8-4-3-5-13(16)11(2)17/h6-7,9,11,13,17H,3-5,8H2,1-2H3. The average Bonchev–Trinajstić information content (AvgIpc) is 2.38. The van der Waals surface area contributed by atoms with Crippen molar-refractivity contribution in [2.45, 2.75) is 50.2 Å². The van der Waals surface area contributed by atoms with E-state index in [2.05, 4.69) is 0 Å². The molecule has 0 spiro atoms. The fraction of sp³-hybridized carbons (Fsp3) is 0.571. The first-order chi connectivity index (χ1) is 9.34. The molecule has 1 saturated heterocycles. The molecule has 2 atom stereocenters. The molecule has 1 fully saturated rings. The Balaban J connectivity index is 2.42. The number of sulfonamides is 1. The van der Waals surface area contributed by atoms with Crippen molar-refractivity contribution in [3.8, 4) is 0 Å². The molecule has 0 aromatic heterocycles. The molecule has 1 aromatic carbocycles. The van der Waals surface area contributed by atoms with Crippen molar-refractivity contribution in [2.24, 2.45) is 0 Å². The van der Waals surface area contributed by atoms with Crippen LogP contribution in [0.1, 0.15) is 31.7 Å². The molecule has 0 aliphatic carbocycles. The Morgan fingerprint density at radius 2 is 2.10 bits per heavy atom. The topological polar surface area (TPSA) is 57.6 Å². The average molecular weight is 301 g/mol. The van der Waals surface area contributed by atoms with Gasteiger partial charge >= 0.3 is 0 Å². The highest BCUT2D eigenvalue weighted by molar-refractivity contribution is 7.89. The summed E-state index contributed by atoms with van der Waals surface area (Å²) >= 11 is 0. The molecule has 6 heteroatoms. The lowest BCUT2D eigenvalue weighted by Crippen LogP contribution is -2.48. The van der Waals surface area contributed by atoms with Crippen LogP contribution in [0, 0.1) is 12.7 Å². The molecule has 4 nitrogen and oxygen atoms in total. The lowest BCUT2D eigenvalue weighted by molar-refractivity contribution is 0.0830. The molecule has 0 bridgehead atoms. The summed E-state index contributed by atoms with van der Waals surface area (Å²) in [6.07, 6.45) is 1.44. The van der Waals surface area contributed by atoms with E-state index in [9.17, 15) is 17.9 Å². The van der Waals surface area contributed by atoms with Gasteiger partial charge in [-0.15, -0.1) is 0 Å². The van der Waals surface area contributed by atoms with Crippen LogP contribution in [0.3, 0.4) is 0 Å². The molecule has 112 valence electrons. The van der Waals surface area contributed by atoms with Crippen LogP contribution in [0.5, 0.6) is 0 Å². The van der Waals surface area contributed by atoms with E-state index in [1.807, 2.05) is 0 Å². The molecule has 0 saturated carbocycles. The molecule has 1 aliphatic heterocycles. The van der Waals surface area contributed by atoms with Gasteiger partial charge in [-0.2, -0.15) is 4.31 Å². The number of hydrogen-bond donors (Lipinski definition) is 1. The molecule has 2 rings (SSSR count). The molecule has 0 amide bonds. The summed E-state index contributed by atoms with van der Waals surface area (Å²) in [5.74, 6) is -0.736. The van der Waals surface area contributed by atoms with Gasteiger partial charge in [-0.1, -0.05) is 12.5 Å². The number of halogens is 1. The minimum atomic E-state index is -3.91. The summed E-state index contributed by atoms with van der Waals surface area (Å²) in [6.45, 7) is 3.61. The maximum absolute atomic E-state index is 14.0. The van der Waals surface area contributed by atoms with Gasteiger partial charge in [0.25, 0.3) is 0 Å². The minimum Gasteiger partial charge on any atom is -0.392 e. The molecule has 20 heavy (non-hydrogen) atoms. The summed E-state index contributed by atoms with van der Waals surface area (Å²) < 4.78 is 40.4. The Morgan fingerprint density at radius 1 is 1.40 bits per heavy atom. The Bertz CT molecular complexity index is 586. The van der Waals surface area contributed by atoms with Crippen LogP contribution in [-0.2, 0) is 10.0 Å². The molecular weight excluding hydrogens is 281 g/mol. The molecule has 1 N–H and O–H groups in total. The van der Waals surface area contributed by atoms with Crippen LogP contribution in [-0.4, -0.2) is 36.5 Å². The number of nitrogens with zero attached hydrogens (tertiary/aromatic N) is 1. The fourth-order valence-electron chi connectivity index (χ4n) is 2.65. The maximum Gasteiger partial charge on any atom is 0.246 e. The zero-order valence-corrected chi connectivity index (χ0v) is 12.5.